The number of rotatable bonds is 6. The van der Waals surface area contributed by atoms with Gasteiger partial charge in [-0.3, -0.25) is 4.79 Å². The Hall–Kier alpha value is -2.86. The molecule has 6 nitrogen and oxygen atoms in total. The number of carbonyl (C=O) groups excluding carboxylic acids is 1. The Bertz CT molecular complexity index is 886. The van der Waals surface area contributed by atoms with Gasteiger partial charge in [-0.2, -0.15) is 0 Å². The van der Waals surface area contributed by atoms with E-state index in [1.54, 1.807) is 0 Å². The van der Waals surface area contributed by atoms with Crippen molar-refractivity contribution >= 4 is 17.2 Å². The zero-order valence-electron chi connectivity index (χ0n) is 14.7. The quantitative estimate of drug-likeness (QED) is 0.750. The van der Waals surface area contributed by atoms with E-state index in [2.05, 4.69) is 10.3 Å². The summed E-state index contributed by atoms with van der Waals surface area (Å²) < 4.78 is 7.53. The summed E-state index contributed by atoms with van der Waals surface area (Å²) in [6.45, 7) is 3.06. The number of para-hydroxylation sites is 2. The first kappa shape index (κ1) is 17.0. The molecule has 25 heavy (non-hydrogen) atoms. The zero-order valence-corrected chi connectivity index (χ0v) is 14.7. The summed E-state index contributed by atoms with van der Waals surface area (Å²) in [5, 5.41) is 2.93. The van der Waals surface area contributed by atoms with Gasteiger partial charge >= 0.3 is 0 Å². The minimum Gasteiger partial charge on any atom is -0.492 e. The summed E-state index contributed by atoms with van der Waals surface area (Å²) in [5.74, 6) is 0.406. The van der Waals surface area contributed by atoms with Crippen LogP contribution in [-0.4, -0.2) is 40.9 Å². The predicted molar refractivity (Wildman–Crippen MR) is 98.1 cm³/mol. The van der Waals surface area contributed by atoms with Gasteiger partial charge in [0.2, 0.25) is 0 Å². The maximum Gasteiger partial charge on any atom is 0.276 e. The average molecular weight is 338 g/mol. The van der Waals surface area contributed by atoms with E-state index in [0.717, 1.165) is 11.3 Å². The van der Waals surface area contributed by atoms with Gasteiger partial charge in [-0.1, -0.05) is 18.2 Å². The maximum atomic E-state index is 12.9. The van der Waals surface area contributed by atoms with E-state index in [0.29, 0.717) is 30.3 Å². The molecule has 2 heterocycles. The molecule has 2 aromatic heterocycles. The topological polar surface area (TPSA) is 58.9 Å². The smallest absolute Gasteiger partial charge is 0.276 e. The highest BCUT2D eigenvalue weighted by atomic mass is 16.5. The van der Waals surface area contributed by atoms with Crippen LogP contribution in [0.3, 0.4) is 0 Å². The van der Waals surface area contributed by atoms with Gasteiger partial charge in [0, 0.05) is 12.7 Å². The Balaban J connectivity index is 1.97. The second-order valence-electron chi connectivity index (χ2n) is 5.96. The summed E-state index contributed by atoms with van der Waals surface area (Å²) in [6.07, 6.45) is 1.92. The molecule has 0 saturated carbocycles. The van der Waals surface area contributed by atoms with Gasteiger partial charge in [-0.15, -0.1) is 0 Å². The van der Waals surface area contributed by atoms with Crippen LogP contribution in [-0.2, 0) is 6.54 Å². The number of nitrogens with zero attached hydrogens (tertiary/aromatic N) is 3. The number of benzene rings is 1. The molecule has 0 spiro atoms. The molecule has 3 rings (SSSR count). The number of ether oxygens (including phenoxy) is 1. The van der Waals surface area contributed by atoms with Crippen LogP contribution in [0.5, 0.6) is 5.75 Å². The summed E-state index contributed by atoms with van der Waals surface area (Å²) in [7, 11) is 3.93. The highest BCUT2D eigenvalue weighted by Gasteiger charge is 2.20. The molecule has 1 aromatic carbocycles. The molecule has 0 fully saturated rings. The molecule has 0 unspecified atom stereocenters. The number of amides is 1. The minimum atomic E-state index is -0.243. The van der Waals surface area contributed by atoms with Crippen molar-refractivity contribution in [3.63, 3.8) is 0 Å². The fraction of sp³-hybridized carbons (Fsp3) is 0.263. The van der Waals surface area contributed by atoms with Gasteiger partial charge in [0.25, 0.3) is 5.91 Å². The molecule has 0 bridgehead atoms. The molecule has 130 valence electrons. The van der Waals surface area contributed by atoms with E-state index >= 15 is 0 Å². The standard InChI is InChI=1S/C19H22N4O2/c1-4-25-16-10-6-5-9-14(16)20-19(24)18-15(13-22(2)3)23-12-8-7-11-17(23)21-18/h5-12H,4,13H2,1-3H3,(H,20,24). The number of carbonyl (C=O) groups is 1. The van der Waals surface area contributed by atoms with Crippen LogP contribution < -0.4 is 10.1 Å². The molecule has 1 amide bonds. The number of imidazole rings is 1. The molecule has 1 N–H and O–H groups in total. The summed E-state index contributed by atoms with van der Waals surface area (Å²) >= 11 is 0. The Morgan fingerprint density at radius 2 is 1.96 bits per heavy atom. The normalized spacial score (nSPS) is 11.0. The zero-order chi connectivity index (χ0) is 17.8. The van der Waals surface area contributed by atoms with Crippen LogP contribution >= 0.6 is 0 Å². The van der Waals surface area contributed by atoms with Crippen LogP contribution in [0.1, 0.15) is 23.1 Å². The van der Waals surface area contributed by atoms with Gasteiger partial charge in [0.15, 0.2) is 5.69 Å². The fourth-order valence-corrected chi connectivity index (χ4v) is 2.71. The predicted octanol–water partition coefficient (Wildman–Crippen LogP) is 3.05. The first-order valence-electron chi connectivity index (χ1n) is 8.24. The van der Waals surface area contributed by atoms with Crippen LogP contribution in [0, 0.1) is 0 Å². The molecule has 6 heteroatoms. The lowest BCUT2D eigenvalue weighted by molar-refractivity contribution is 0.102. The molecule has 0 aliphatic heterocycles. The molecule has 0 atom stereocenters. The van der Waals surface area contributed by atoms with E-state index in [-0.39, 0.29) is 5.91 Å². The van der Waals surface area contributed by atoms with Crippen molar-refractivity contribution in [2.24, 2.45) is 0 Å². The number of aromatic nitrogens is 2. The minimum absolute atomic E-state index is 0.243. The molecule has 3 aromatic rings. The summed E-state index contributed by atoms with van der Waals surface area (Å²) in [5.41, 5.74) is 2.67. The highest BCUT2D eigenvalue weighted by Crippen LogP contribution is 2.25. The lowest BCUT2D eigenvalue weighted by atomic mass is 10.2. The van der Waals surface area contributed by atoms with Crippen LogP contribution in [0.4, 0.5) is 5.69 Å². The molecular weight excluding hydrogens is 316 g/mol. The Labute approximate surface area is 147 Å². The third-order valence-corrected chi connectivity index (χ3v) is 3.75. The first-order valence-corrected chi connectivity index (χ1v) is 8.24. The van der Waals surface area contributed by atoms with Crippen LogP contribution in [0.25, 0.3) is 5.65 Å². The van der Waals surface area contributed by atoms with E-state index in [9.17, 15) is 4.79 Å². The molecular formula is C19H22N4O2. The lowest BCUT2D eigenvalue weighted by Gasteiger charge is -2.13. The summed E-state index contributed by atoms with van der Waals surface area (Å²) in [6, 6.07) is 13.1. The van der Waals surface area contributed by atoms with E-state index in [1.807, 2.05) is 79.0 Å². The van der Waals surface area contributed by atoms with Crippen LogP contribution in [0.15, 0.2) is 48.7 Å². The van der Waals surface area contributed by atoms with Gasteiger partial charge in [-0.05, 0) is 45.3 Å². The Kier molecular flexibility index (Phi) is 5.00. The van der Waals surface area contributed by atoms with E-state index < -0.39 is 0 Å². The largest absolute Gasteiger partial charge is 0.492 e. The van der Waals surface area contributed by atoms with Crippen molar-refractivity contribution in [1.82, 2.24) is 14.3 Å². The van der Waals surface area contributed by atoms with E-state index in [4.69, 9.17) is 4.74 Å². The number of anilines is 1. The SMILES string of the molecule is CCOc1ccccc1NC(=O)c1nc2ccccn2c1CN(C)C. The molecule has 0 saturated heterocycles. The number of fused-ring (bicyclic) bond motifs is 1. The highest BCUT2D eigenvalue weighted by molar-refractivity contribution is 6.05. The Morgan fingerprint density at radius 3 is 2.72 bits per heavy atom. The second-order valence-corrected chi connectivity index (χ2v) is 5.96. The number of nitrogens with one attached hydrogen (secondary N) is 1. The number of pyridine rings is 1. The van der Waals surface area contributed by atoms with Crippen molar-refractivity contribution in [2.45, 2.75) is 13.5 Å². The van der Waals surface area contributed by atoms with Crippen molar-refractivity contribution < 1.29 is 9.53 Å². The Morgan fingerprint density at radius 1 is 1.20 bits per heavy atom. The van der Waals surface area contributed by atoms with Crippen molar-refractivity contribution in [3.8, 4) is 5.75 Å². The lowest BCUT2D eigenvalue weighted by Crippen LogP contribution is -2.19. The van der Waals surface area contributed by atoms with Crippen molar-refractivity contribution in [2.75, 3.05) is 26.0 Å². The second kappa shape index (κ2) is 7.36. The summed E-state index contributed by atoms with van der Waals surface area (Å²) in [4.78, 5) is 19.4. The number of hydrogen-bond acceptors (Lipinski definition) is 4. The van der Waals surface area contributed by atoms with Crippen LogP contribution in [0.2, 0.25) is 0 Å². The van der Waals surface area contributed by atoms with E-state index in [1.165, 1.54) is 0 Å². The molecule has 0 aliphatic rings. The maximum absolute atomic E-state index is 12.9. The third-order valence-electron chi connectivity index (χ3n) is 3.75. The monoisotopic (exact) mass is 338 g/mol. The van der Waals surface area contributed by atoms with Crippen molar-refractivity contribution in [3.05, 3.63) is 60.0 Å². The first-order chi connectivity index (χ1) is 12.1. The van der Waals surface area contributed by atoms with Gasteiger partial charge in [0.1, 0.15) is 11.4 Å². The number of hydrogen-bond donors (Lipinski definition) is 1. The van der Waals surface area contributed by atoms with Gasteiger partial charge in [-0.25, -0.2) is 4.98 Å². The van der Waals surface area contributed by atoms with Gasteiger partial charge in [0.05, 0.1) is 18.0 Å². The van der Waals surface area contributed by atoms with Crippen molar-refractivity contribution in [1.29, 1.82) is 0 Å². The molecule has 0 aliphatic carbocycles. The average Bonchev–Trinajstić information content (AvgIpc) is 2.95. The fourth-order valence-electron chi connectivity index (χ4n) is 2.71. The third kappa shape index (κ3) is 3.64. The van der Waals surface area contributed by atoms with Gasteiger partial charge < -0.3 is 19.4 Å². The molecule has 0 radical (unpaired) electrons.